The van der Waals surface area contributed by atoms with Gasteiger partial charge in [-0.2, -0.15) is 0 Å². The number of hydrogen-bond donors (Lipinski definition) is 1. The van der Waals surface area contributed by atoms with Crippen LogP contribution < -0.4 is 0 Å². The Morgan fingerprint density at radius 2 is 2.00 bits per heavy atom. The van der Waals surface area contributed by atoms with Gasteiger partial charge in [-0.15, -0.1) is 0 Å². The van der Waals surface area contributed by atoms with Crippen molar-refractivity contribution in [1.29, 1.82) is 4.78 Å². The summed E-state index contributed by atoms with van der Waals surface area (Å²) in [4.78, 5) is 0. The molecule has 0 saturated heterocycles. The second-order valence-electron chi connectivity index (χ2n) is 1.29. The minimum absolute atomic E-state index is 0.465. The molecule has 0 amide bonds. The Kier molecular flexibility index (Phi) is 1.59. The van der Waals surface area contributed by atoms with E-state index in [1.165, 1.54) is 6.26 Å². The van der Waals surface area contributed by atoms with Crippen molar-refractivity contribution in [2.75, 3.05) is 12.0 Å². The van der Waals surface area contributed by atoms with Crippen LogP contribution in [0.25, 0.3) is 0 Å². The molecule has 3 heteroatoms. The molecule has 0 aliphatic heterocycles. The monoisotopic (exact) mass is 107 g/mol. The van der Waals surface area contributed by atoms with Gasteiger partial charge in [0.05, 0.1) is 0 Å². The van der Waals surface area contributed by atoms with Gasteiger partial charge in [0, 0.05) is 21.7 Å². The second kappa shape index (κ2) is 1.60. The van der Waals surface area contributed by atoms with Gasteiger partial charge in [-0.25, -0.2) is 0 Å². The summed E-state index contributed by atoms with van der Waals surface area (Å²) in [5, 5.41) is 0. The van der Waals surface area contributed by atoms with Crippen molar-refractivity contribution in [3.8, 4) is 0 Å². The fourth-order valence-electron chi connectivity index (χ4n) is 0. The van der Waals surface area contributed by atoms with Crippen LogP contribution in [0.4, 0.5) is 0 Å². The molecule has 1 atom stereocenters. The SMILES string of the molecule is CC[S@](C)(=N)=O. The molecule has 0 aromatic heterocycles. The highest BCUT2D eigenvalue weighted by atomic mass is 32.2. The molecule has 0 aromatic carbocycles. The van der Waals surface area contributed by atoms with Crippen LogP contribution in [0.15, 0.2) is 0 Å². The maximum absolute atomic E-state index is 10.2. The summed E-state index contributed by atoms with van der Waals surface area (Å²) in [7, 11) is -2.16. The normalized spacial score (nSPS) is 19.7. The molecule has 0 aliphatic carbocycles. The molecule has 0 unspecified atom stereocenters. The molecule has 0 heterocycles. The van der Waals surface area contributed by atoms with Gasteiger partial charge < -0.3 is 0 Å². The van der Waals surface area contributed by atoms with Gasteiger partial charge in [0.15, 0.2) is 0 Å². The lowest BCUT2D eigenvalue weighted by Crippen LogP contribution is -1.94. The average Bonchev–Trinajstić information content (AvgIpc) is 1.35. The zero-order valence-electron chi connectivity index (χ0n) is 4.02. The van der Waals surface area contributed by atoms with E-state index < -0.39 is 9.73 Å². The Morgan fingerprint density at radius 1 is 1.83 bits per heavy atom. The Bertz CT molecular complexity index is 113. The van der Waals surface area contributed by atoms with E-state index in [-0.39, 0.29) is 0 Å². The van der Waals surface area contributed by atoms with Crippen LogP contribution in [0.3, 0.4) is 0 Å². The second-order valence-corrected chi connectivity index (χ2v) is 3.88. The molecule has 6 heavy (non-hydrogen) atoms. The van der Waals surface area contributed by atoms with E-state index in [0.717, 1.165) is 0 Å². The molecule has 0 fully saturated rings. The maximum atomic E-state index is 10.2. The zero-order chi connectivity index (χ0) is 5.21. The van der Waals surface area contributed by atoms with Crippen molar-refractivity contribution in [2.45, 2.75) is 6.92 Å². The lowest BCUT2D eigenvalue weighted by molar-refractivity contribution is 0.679. The molecule has 0 aromatic rings. The van der Waals surface area contributed by atoms with Gasteiger partial charge in [0.2, 0.25) is 0 Å². The van der Waals surface area contributed by atoms with Crippen LogP contribution in [0.1, 0.15) is 6.92 Å². The first-order valence-electron chi connectivity index (χ1n) is 1.77. The molecule has 0 aliphatic rings. The summed E-state index contributed by atoms with van der Waals surface area (Å²) in [5.41, 5.74) is 0. The fourth-order valence-corrected chi connectivity index (χ4v) is 0. The van der Waals surface area contributed by atoms with Crippen LogP contribution in [0.2, 0.25) is 0 Å². The van der Waals surface area contributed by atoms with E-state index >= 15 is 0 Å². The summed E-state index contributed by atoms with van der Waals surface area (Å²) < 4.78 is 16.9. The van der Waals surface area contributed by atoms with Gasteiger partial charge in [0.1, 0.15) is 0 Å². The summed E-state index contributed by atoms with van der Waals surface area (Å²) in [6.07, 6.45) is 1.44. The smallest absolute Gasteiger partial charge is 0.0409 e. The first-order valence-corrected chi connectivity index (χ1v) is 3.91. The molecular formula is C3H9NOS. The highest BCUT2D eigenvalue weighted by Gasteiger charge is 1.85. The van der Waals surface area contributed by atoms with E-state index in [1.807, 2.05) is 0 Å². The summed E-state index contributed by atoms with van der Waals surface area (Å²) in [6, 6.07) is 0. The van der Waals surface area contributed by atoms with Crippen LogP contribution in [0, 0.1) is 4.78 Å². The first kappa shape index (κ1) is 5.95. The lowest BCUT2D eigenvalue weighted by atomic mass is 11.0. The summed E-state index contributed by atoms with van der Waals surface area (Å²) in [5.74, 6) is 0.465. The topological polar surface area (TPSA) is 40.9 Å². The van der Waals surface area contributed by atoms with Gasteiger partial charge in [-0.1, -0.05) is 6.92 Å². The highest BCUT2D eigenvalue weighted by Crippen LogP contribution is 1.77. The fraction of sp³-hybridized carbons (Fsp3) is 1.00. The Labute approximate surface area is 38.5 Å². The van der Waals surface area contributed by atoms with Crippen LogP contribution >= 0.6 is 0 Å². The average molecular weight is 107 g/mol. The van der Waals surface area contributed by atoms with E-state index in [4.69, 9.17) is 4.78 Å². The largest absolute Gasteiger partial charge is 0.253 e. The van der Waals surface area contributed by atoms with E-state index in [1.54, 1.807) is 6.92 Å². The van der Waals surface area contributed by atoms with Crippen molar-refractivity contribution < 1.29 is 4.21 Å². The molecule has 0 saturated carbocycles. The number of nitrogens with one attached hydrogen (secondary N) is 1. The van der Waals surface area contributed by atoms with Gasteiger partial charge in [-0.05, 0) is 0 Å². The zero-order valence-corrected chi connectivity index (χ0v) is 4.84. The predicted molar refractivity (Wildman–Crippen MR) is 27.3 cm³/mol. The minimum atomic E-state index is -2.16. The van der Waals surface area contributed by atoms with Crippen molar-refractivity contribution in [2.24, 2.45) is 0 Å². The van der Waals surface area contributed by atoms with Gasteiger partial charge in [-0.3, -0.25) is 8.99 Å². The standard InChI is InChI=1S/C3H9NOS/c1-3-6(2,4)5/h4H,3H2,1-2H3/t6-/m1/s1. The molecular weight excluding hydrogens is 98.1 g/mol. The van der Waals surface area contributed by atoms with Crippen LogP contribution in [0.5, 0.6) is 0 Å². The predicted octanol–water partition coefficient (Wildman–Crippen LogP) is 0.683. The molecule has 0 rings (SSSR count). The lowest BCUT2D eigenvalue weighted by Gasteiger charge is -1.86. The number of hydrogen-bond acceptors (Lipinski definition) is 2. The third kappa shape index (κ3) is 3.95. The minimum Gasteiger partial charge on any atom is -0.253 e. The van der Waals surface area contributed by atoms with Gasteiger partial charge in [0.25, 0.3) is 0 Å². The van der Waals surface area contributed by atoms with Crippen LogP contribution in [-0.2, 0) is 9.73 Å². The highest BCUT2D eigenvalue weighted by molar-refractivity contribution is 7.91. The summed E-state index contributed by atoms with van der Waals surface area (Å²) in [6.45, 7) is 1.75. The molecule has 38 valence electrons. The third-order valence-corrected chi connectivity index (χ3v) is 1.65. The molecule has 0 radical (unpaired) electrons. The van der Waals surface area contributed by atoms with Crippen molar-refractivity contribution >= 4 is 9.73 Å². The Morgan fingerprint density at radius 3 is 2.00 bits per heavy atom. The quantitative estimate of drug-likeness (QED) is 0.526. The van der Waals surface area contributed by atoms with Gasteiger partial charge >= 0.3 is 0 Å². The molecule has 0 bridgehead atoms. The maximum Gasteiger partial charge on any atom is 0.0409 e. The number of rotatable bonds is 1. The van der Waals surface area contributed by atoms with E-state index in [2.05, 4.69) is 0 Å². The van der Waals surface area contributed by atoms with Crippen molar-refractivity contribution in [3.05, 3.63) is 0 Å². The third-order valence-electron chi connectivity index (χ3n) is 0.551. The van der Waals surface area contributed by atoms with Crippen LogP contribution in [-0.4, -0.2) is 16.2 Å². The summed E-state index contributed by atoms with van der Waals surface area (Å²) >= 11 is 0. The van der Waals surface area contributed by atoms with E-state index in [9.17, 15) is 4.21 Å². The molecule has 0 spiro atoms. The first-order chi connectivity index (χ1) is 2.56. The molecule has 2 nitrogen and oxygen atoms in total. The molecule has 1 N–H and O–H groups in total. The Hall–Kier alpha value is -0.0500. The Balaban J connectivity index is 3.85. The van der Waals surface area contributed by atoms with Crippen molar-refractivity contribution in [3.63, 3.8) is 0 Å². The van der Waals surface area contributed by atoms with E-state index in [0.29, 0.717) is 5.75 Å². The van der Waals surface area contributed by atoms with Crippen molar-refractivity contribution in [1.82, 2.24) is 0 Å².